The van der Waals surface area contributed by atoms with Crippen LogP contribution in [0, 0.1) is 0 Å². The fourth-order valence-corrected chi connectivity index (χ4v) is 7.15. The molecule has 258 valence electrons. The van der Waals surface area contributed by atoms with Gasteiger partial charge in [-0.25, -0.2) is 15.2 Å². The van der Waals surface area contributed by atoms with Crippen LogP contribution in [0.15, 0.2) is 71.8 Å². The van der Waals surface area contributed by atoms with Crippen LogP contribution >= 0.6 is 7.44 Å². The molecule has 16 heteroatoms. The third-order valence-corrected chi connectivity index (χ3v) is 9.56. The number of fused-ring (bicyclic) bond motifs is 1. The van der Waals surface area contributed by atoms with Crippen molar-refractivity contribution in [1.29, 1.82) is 0 Å². The second kappa shape index (κ2) is 17.7. The maximum Gasteiger partial charge on any atom is 0.323 e. The Labute approximate surface area is 277 Å². The van der Waals surface area contributed by atoms with Crippen LogP contribution in [0.1, 0.15) is 25.0 Å². The minimum Gasteiger partial charge on any atom is -0.465 e. The van der Waals surface area contributed by atoms with E-state index < -0.39 is 49.7 Å². The highest BCUT2D eigenvalue weighted by Gasteiger charge is 2.35. The number of nitrogens with zero attached hydrogens (tertiary/aromatic N) is 3. The number of hydrogen-bond acceptors (Lipinski definition) is 11. The molecule has 4 aromatic rings. The normalized spacial score (nSPS) is 13.6. The molecule has 2 heterocycles. The number of esters is 2. The number of anilines is 1. The lowest BCUT2D eigenvalue weighted by atomic mass is 10.1. The molecule has 0 aliphatic carbocycles. The Bertz CT molecular complexity index is 1670. The van der Waals surface area contributed by atoms with Crippen molar-refractivity contribution in [2.45, 2.75) is 51.4 Å². The van der Waals surface area contributed by atoms with Gasteiger partial charge in [0, 0.05) is 0 Å². The van der Waals surface area contributed by atoms with E-state index in [1.54, 1.807) is 13.8 Å². The number of hydrogen-bond donors (Lipinski definition) is 5. The van der Waals surface area contributed by atoms with Crippen molar-refractivity contribution in [3.8, 4) is 0 Å². The molecule has 0 amide bonds. The number of ether oxygens (including phenoxy) is 3. The number of aliphatic hydroxyl groups excluding tert-OH is 1. The minimum absolute atomic E-state index is 0.0486. The Hall–Kier alpha value is -4.40. The molecule has 0 spiro atoms. The summed E-state index contributed by atoms with van der Waals surface area (Å²) in [7, 11) is -3.85. The van der Waals surface area contributed by atoms with Gasteiger partial charge in [-0.3, -0.25) is 23.9 Å². The predicted molar refractivity (Wildman–Crippen MR) is 179 cm³/mol. The third-order valence-electron chi connectivity index (χ3n) is 7.29. The number of aromatic nitrogens is 4. The van der Waals surface area contributed by atoms with Crippen LogP contribution in [0.25, 0.3) is 11.2 Å². The Kier molecular flexibility index (Phi) is 13.4. The van der Waals surface area contributed by atoms with Gasteiger partial charge in [-0.15, -0.1) is 0 Å². The van der Waals surface area contributed by atoms with Gasteiger partial charge in [-0.2, -0.15) is 4.98 Å². The van der Waals surface area contributed by atoms with Crippen LogP contribution < -0.4 is 21.5 Å². The van der Waals surface area contributed by atoms with E-state index in [1.807, 2.05) is 60.7 Å². The smallest absolute Gasteiger partial charge is 0.323 e. The van der Waals surface area contributed by atoms with Crippen LogP contribution in [0.3, 0.4) is 0 Å². The first-order valence-corrected chi connectivity index (χ1v) is 17.5. The van der Waals surface area contributed by atoms with Crippen molar-refractivity contribution >= 4 is 36.5 Å². The monoisotopic (exact) mass is 683 g/mol. The molecule has 48 heavy (non-hydrogen) atoms. The van der Waals surface area contributed by atoms with Crippen molar-refractivity contribution < 1.29 is 33.5 Å². The van der Waals surface area contributed by atoms with Gasteiger partial charge >= 0.3 is 11.9 Å². The zero-order chi connectivity index (χ0) is 34.5. The van der Waals surface area contributed by atoms with Gasteiger partial charge in [-0.1, -0.05) is 60.7 Å². The first-order valence-electron chi connectivity index (χ1n) is 15.6. The van der Waals surface area contributed by atoms with E-state index >= 15 is 0 Å². The summed E-state index contributed by atoms with van der Waals surface area (Å²) < 4.78 is 32.9. The summed E-state index contributed by atoms with van der Waals surface area (Å²) in [6, 6.07) is 16.3. The number of imidazole rings is 1. The van der Waals surface area contributed by atoms with Crippen molar-refractivity contribution in [2.24, 2.45) is 0 Å². The van der Waals surface area contributed by atoms with Crippen LogP contribution in [-0.4, -0.2) is 87.3 Å². The van der Waals surface area contributed by atoms with Gasteiger partial charge in [-0.05, 0) is 37.8 Å². The number of H-pyrrole nitrogens is 1. The standard InChI is InChI=1S/C32H42N7O8P/c1-3-45-30(42)25(17-22-11-7-5-8-12-22)37-48(44,38-26(31(43)46-4-2)18-23-13-9-6-10-14-23)16-15-47-24(20-40)19-39-21-34-27-28(39)35-32(33)36-29(27)41/h5-14,21,24-26,40H,3-4,15-20H2,1-2H3,(H2,37,38,44)(H3,33,35,36,41)/t24-,25-,26-/m0/s1. The van der Waals surface area contributed by atoms with Crippen molar-refractivity contribution in [2.75, 3.05) is 38.3 Å². The SMILES string of the molecule is CCOC(=O)[C@H](Cc1ccccc1)NP(=O)(CCO[C@H](CO)Cn1cnc2c(=O)[nH]c(N)nc21)N[C@@H](Cc1ccccc1)C(=O)OCC. The number of rotatable bonds is 19. The van der Waals surface area contributed by atoms with Gasteiger partial charge in [0.2, 0.25) is 13.4 Å². The second-order valence-corrected chi connectivity index (χ2v) is 13.3. The van der Waals surface area contributed by atoms with Crippen molar-refractivity contribution in [1.82, 2.24) is 29.7 Å². The lowest BCUT2D eigenvalue weighted by Crippen LogP contribution is -2.46. The van der Waals surface area contributed by atoms with E-state index in [9.17, 15) is 24.1 Å². The van der Waals surface area contributed by atoms with E-state index in [2.05, 4.69) is 25.1 Å². The number of aliphatic hydroxyl groups is 1. The number of benzene rings is 2. The summed E-state index contributed by atoms with van der Waals surface area (Å²) in [6.45, 7) is 3.04. The number of aromatic amines is 1. The van der Waals surface area contributed by atoms with Gasteiger partial charge in [0.25, 0.3) is 5.56 Å². The highest BCUT2D eigenvalue weighted by Crippen LogP contribution is 2.38. The number of carbonyl (C=O) groups excluding carboxylic acids is 2. The summed E-state index contributed by atoms with van der Waals surface area (Å²) in [5, 5.41) is 16.1. The highest BCUT2D eigenvalue weighted by atomic mass is 31.2. The number of nitrogen functional groups attached to an aromatic ring is 1. The number of carbonyl (C=O) groups is 2. The zero-order valence-electron chi connectivity index (χ0n) is 26.9. The molecule has 0 aliphatic heterocycles. The van der Waals surface area contributed by atoms with Crippen LogP contribution in [0.4, 0.5) is 5.95 Å². The summed E-state index contributed by atoms with van der Waals surface area (Å²) in [5.74, 6) is -1.31. The molecule has 0 unspecified atom stereocenters. The van der Waals surface area contributed by atoms with Crippen LogP contribution in [0.2, 0.25) is 0 Å². The fourth-order valence-electron chi connectivity index (χ4n) is 5.05. The lowest BCUT2D eigenvalue weighted by molar-refractivity contribution is -0.145. The largest absolute Gasteiger partial charge is 0.465 e. The van der Waals surface area contributed by atoms with Gasteiger partial charge < -0.3 is 29.6 Å². The zero-order valence-corrected chi connectivity index (χ0v) is 27.8. The molecule has 0 aliphatic rings. The Morgan fingerprint density at radius 3 is 2.00 bits per heavy atom. The third kappa shape index (κ3) is 10.3. The van der Waals surface area contributed by atoms with E-state index in [1.165, 1.54) is 10.9 Å². The van der Waals surface area contributed by atoms with Crippen molar-refractivity contribution in [3.05, 3.63) is 88.5 Å². The quantitative estimate of drug-likeness (QED) is 0.0706. The first-order chi connectivity index (χ1) is 23.1. The van der Waals surface area contributed by atoms with Gasteiger partial charge in [0.15, 0.2) is 11.2 Å². The number of nitrogens with one attached hydrogen (secondary N) is 3. The van der Waals surface area contributed by atoms with E-state index in [0.29, 0.717) is 0 Å². The molecule has 2 aromatic carbocycles. The van der Waals surface area contributed by atoms with Gasteiger partial charge in [0.1, 0.15) is 12.1 Å². The molecule has 2 aromatic heterocycles. The fraction of sp³-hybridized carbons (Fsp3) is 0.406. The molecular formula is C32H42N7O8P. The summed E-state index contributed by atoms with van der Waals surface area (Å²) in [6.07, 6.45) is 0.699. The molecule has 4 rings (SSSR count). The second-order valence-electron chi connectivity index (χ2n) is 10.9. The van der Waals surface area contributed by atoms with Crippen molar-refractivity contribution in [3.63, 3.8) is 0 Å². The Morgan fingerprint density at radius 1 is 0.958 bits per heavy atom. The average molecular weight is 684 g/mol. The predicted octanol–water partition coefficient (Wildman–Crippen LogP) is 1.80. The maximum absolute atomic E-state index is 14.8. The average Bonchev–Trinajstić information content (AvgIpc) is 3.47. The maximum atomic E-state index is 14.8. The Morgan fingerprint density at radius 2 is 1.50 bits per heavy atom. The molecule has 0 fully saturated rings. The summed E-state index contributed by atoms with van der Waals surface area (Å²) >= 11 is 0. The molecule has 15 nitrogen and oxygen atoms in total. The molecule has 0 saturated heterocycles. The molecule has 0 bridgehead atoms. The molecule has 0 radical (unpaired) electrons. The topological polar surface area (TPSA) is 213 Å². The highest BCUT2D eigenvalue weighted by molar-refractivity contribution is 7.60. The van der Waals surface area contributed by atoms with E-state index in [4.69, 9.17) is 19.9 Å². The van der Waals surface area contributed by atoms with E-state index in [0.717, 1.165) is 11.1 Å². The number of nitrogens with two attached hydrogens (primary N) is 1. The molecule has 6 N–H and O–H groups in total. The van der Waals surface area contributed by atoms with Gasteiger partial charge in [0.05, 0.1) is 51.6 Å². The van der Waals surface area contributed by atoms with Crippen LogP contribution in [-0.2, 0) is 47.8 Å². The molecule has 0 saturated carbocycles. The van der Waals surface area contributed by atoms with Crippen LogP contribution in [0.5, 0.6) is 0 Å². The molecule has 3 atom stereocenters. The minimum atomic E-state index is -3.85. The first kappa shape index (κ1) is 36.4. The Balaban J connectivity index is 1.58. The molecular weight excluding hydrogens is 641 g/mol. The lowest BCUT2D eigenvalue weighted by Gasteiger charge is -2.29. The summed E-state index contributed by atoms with van der Waals surface area (Å²) in [4.78, 5) is 49.1. The van der Waals surface area contributed by atoms with E-state index in [-0.39, 0.29) is 62.5 Å². The summed E-state index contributed by atoms with van der Waals surface area (Å²) in [5.41, 5.74) is 7.09.